The normalized spacial score (nSPS) is 30.8. The molecule has 0 radical (unpaired) electrons. The lowest BCUT2D eigenvalue weighted by atomic mass is 9.85. The Labute approximate surface area is 117 Å². The van der Waals surface area contributed by atoms with E-state index in [1.54, 1.807) is 0 Å². The molecule has 1 aliphatic heterocycles. The summed E-state index contributed by atoms with van der Waals surface area (Å²) in [5.74, 6) is 0.636. The van der Waals surface area contributed by atoms with Crippen molar-refractivity contribution in [2.75, 3.05) is 19.6 Å². The summed E-state index contributed by atoms with van der Waals surface area (Å²) >= 11 is 0. The molecule has 1 amide bonds. The summed E-state index contributed by atoms with van der Waals surface area (Å²) in [4.78, 5) is 14.3. The third-order valence-electron chi connectivity index (χ3n) is 4.95. The van der Waals surface area contributed by atoms with Gasteiger partial charge in [-0.1, -0.05) is 19.8 Å². The standard InChI is InChI=1S/C15H29N3O/c1-3-9-17-15(2,14(16)19)11-18-10-8-12-6-4-5-7-13(12)18/h12-13,17H,3-11H2,1-2H3,(H2,16,19). The molecule has 0 spiro atoms. The van der Waals surface area contributed by atoms with E-state index in [4.69, 9.17) is 5.73 Å². The van der Waals surface area contributed by atoms with Crippen molar-refractivity contribution in [3.05, 3.63) is 0 Å². The quantitative estimate of drug-likeness (QED) is 0.766. The third kappa shape index (κ3) is 3.29. The zero-order valence-electron chi connectivity index (χ0n) is 12.5. The number of rotatable bonds is 6. The highest BCUT2D eigenvalue weighted by atomic mass is 16.1. The molecule has 1 saturated carbocycles. The van der Waals surface area contributed by atoms with Crippen LogP contribution in [-0.2, 0) is 4.79 Å². The molecule has 3 atom stereocenters. The van der Waals surface area contributed by atoms with Gasteiger partial charge < -0.3 is 11.1 Å². The van der Waals surface area contributed by atoms with Crippen molar-refractivity contribution in [1.82, 2.24) is 10.2 Å². The molecule has 0 aromatic heterocycles. The van der Waals surface area contributed by atoms with E-state index in [9.17, 15) is 4.79 Å². The molecule has 0 aromatic carbocycles. The van der Waals surface area contributed by atoms with Gasteiger partial charge >= 0.3 is 0 Å². The van der Waals surface area contributed by atoms with Crippen LogP contribution < -0.4 is 11.1 Å². The van der Waals surface area contributed by atoms with Gasteiger partial charge in [0.05, 0.1) is 0 Å². The molecule has 2 rings (SSSR count). The van der Waals surface area contributed by atoms with E-state index in [0.29, 0.717) is 6.04 Å². The van der Waals surface area contributed by atoms with Crippen molar-refractivity contribution >= 4 is 5.91 Å². The number of hydrogen-bond donors (Lipinski definition) is 2. The maximum Gasteiger partial charge on any atom is 0.238 e. The Balaban J connectivity index is 1.99. The molecule has 3 N–H and O–H groups in total. The first-order valence-corrected chi connectivity index (χ1v) is 7.86. The van der Waals surface area contributed by atoms with Crippen LogP contribution in [0.3, 0.4) is 0 Å². The molecule has 4 heteroatoms. The minimum Gasteiger partial charge on any atom is -0.368 e. The number of amides is 1. The summed E-state index contributed by atoms with van der Waals surface area (Å²) in [6, 6.07) is 0.691. The first-order chi connectivity index (χ1) is 9.07. The number of fused-ring (bicyclic) bond motifs is 1. The lowest BCUT2D eigenvalue weighted by Crippen LogP contribution is -2.60. The topological polar surface area (TPSA) is 58.4 Å². The minimum atomic E-state index is -0.581. The average molecular weight is 267 g/mol. The number of nitrogens with two attached hydrogens (primary N) is 1. The lowest BCUT2D eigenvalue weighted by Gasteiger charge is -2.37. The fourth-order valence-electron chi connectivity index (χ4n) is 3.73. The van der Waals surface area contributed by atoms with Crippen LogP contribution in [0, 0.1) is 5.92 Å². The summed E-state index contributed by atoms with van der Waals surface area (Å²) in [6.45, 7) is 6.82. The third-order valence-corrected chi connectivity index (χ3v) is 4.95. The van der Waals surface area contributed by atoms with Crippen molar-refractivity contribution in [1.29, 1.82) is 0 Å². The highest BCUT2D eigenvalue weighted by Gasteiger charge is 2.40. The molecule has 1 heterocycles. The van der Waals surface area contributed by atoms with Crippen molar-refractivity contribution in [3.63, 3.8) is 0 Å². The Bertz CT molecular complexity index is 321. The molecule has 4 nitrogen and oxygen atoms in total. The van der Waals surface area contributed by atoms with Crippen LogP contribution in [0.25, 0.3) is 0 Å². The van der Waals surface area contributed by atoms with Crippen LogP contribution in [0.15, 0.2) is 0 Å². The van der Waals surface area contributed by atoms with Gasteiger partial charge in [-0.15, -0.1) is 0 Å². The summed E-state index contributed by atoms with van der Waals surface area (Å²) in [5, 5.41) is 3.35. The van der Waals surface area contributed by atoms with Crippen molar-refractivity contribution < 1.29 is 4.79 Å². The zero-order valence-corrected chi connectivity index (χ0v) is 12.5. The second-order valence-corrected chi connectivity index (χ2v) is 6.49. The second-order valence-electron chi connectivity index (χ2n) is 6.49. The van der Waals surface area contributed by atoms with Gasteiger partial charge in [0.2, 0.25) is 5.91 Å². The van der Waals surface area contributed by atoms with E-state index in [2.05, 4.69) is 17.1 Å². The van der Waals surface area contributed by atoms with Gasteiger partial charge in [-0.2, -0.15) is 0 Å². The Kier molecular flexibility index (Phi) is 4.85. The van der Waals surface area contributed by atoms with Gasteiger partial charge in [-0.05, 0) is 51.6 Å². The molecule has 110 valence electrons. The smallest absolute Gasteiger partial charge is 0.238 e. The maximum atomic E-state index is 11.8. The molecular formula is C15H29N3O. The number of carbonyl (C=O) groups excluding carboxylic acids is 1. The summed E-state index contributed by atoms with van der Waals surface area (Å²) < 4.78 is 0. The number of nitrogens with zero attached hydrogens (tertiary/aromatic N) is 1. The van der Waals surface area contributed by atoms with Gasteiger partial charge in [0.25, 0.3) is 0 Å². The predicted molar refractivity (Wildman–Crippen MR) is 77.8 cm³/mol. The lowest BCUT2D eigenvalue weighted by molar-refractivity contribution is -0.124. The molecule has 1 aliphatic carbocycles. The van der Waals surface area contributed by atoms with E-state index >= 15 is 0 Å². The van der Waals surface area contributed by atoms with Gasteiger partial charge in [0.15, 0.2) is 0 Å². The van der Waals surface area contributed by atoms with Gasteiger partial charge in [0.1, 0.15) is 5.54 Å². The number of likely N-dealkylation sites (tertiary alicyclic amines) is 1. The van der Waals surface area contributed by atoms with E-state index < -0.39 is 5.54 Å². The first kappa shape index (κ1) is 14.8. The Hall–Kier alpha value is -0.610. The SMILES string of the molecule is CCCNC(C)(CN1CCC2CCCCC21)C(N)=O. The summed E-state index contributed by atoms with van der Waals surface area (Å²) in [6.07, 6.45) is 7.72. The van der Waals surface area contributed by atoms with Crippen LogP contribution in [-0.4, -0.2) is 42.0 Å². The molecule has 19 heavy (non-hydrogen) atoms. The van der Waals surface area contributed by atoms with Gasteiger partial charge in [-0.25, -0.2) is 0 Å². The molecule has 2 aliphatic rings. The predicted octanol–water partition coefficient (Wildman–Crippen LogP) is 1.49. The van der Waals surface area contributed by atoms with Crippen molar-refractivity contribution in [2.24, 2.45) is 11.7 Å². The second kappa shape index (κ2) is 6.23. The number of carbonyl (C=O) groups is 1. The van der Waals surface area contributed by atoms with E-state index in [1.807, 2.05) is 6.92 Å². The van der Waals surface area contributed by atoms with E-state index in [1.165, 1.54) is 32.1 Å². The monoisotopic (exact) mass is 267 g/mol. The molecule has 0 aromatic rings. The molecule has 2 fully saturated rings. The zero-order chi connectivity index (χ0) is 13.9. The Morgan fingerprint density at radius 2 is 2.11 bits per heavy atom. The molecule has 1 saturated heterocycles. The Morgan fingerprint density at radius 1 is 1.37 bits per heavy atom. The highest BCUT2D eigenvalue weighted by Crippen LogP contribution is 2.36. The van der Waals surface area contributed by atoms with Crippen LogP contribution in [0.2, 0.25) is 0 Å². The molecule has 3 unspecified atom stereocenters. The highest BCUT2D eigenvalue weighted by molar-refractivity contribution is 5.84. The number of nitrogens with one attached hydrogen (secondary N) is 1. The number of hydrogen-bond acceptors (Lipinski definition) is 3. The summed E-state index contributed by atoms with van der Waals surface area (Å²) in [7, 11) is 0. The fourth-order valence-corrected chi connectivity index (χ4v) is 3.73. The van der Waals surface area contributed by atoms with Crippen LogP contribution in [0.5, 0.6) is 0 Å². The van der Waals surface area contributed by atoms with Gasteiger partial charge in [0, 0.05) is 12.6 Å². The van der Waals surface area contributed by atoms with Gasteiger partial charge in [-0.3, -0.25) is 9.69 Å². The van der Waals surface area contributed by atoms with Crippen LogP contribution in [0.4, 0.5) is 0 Å². The van der Waals surface area contributed by atoms with E-state index in [-0.39, 0.29) is 5.91 Å². The van der Waals surface area contributed by atoms with Crippen LogP contribution in [0.1, 0.15) is 52.4 Å². The summed E-state index contributed by atoms with van der Waals surface area (Å²) in [5.41, 5.74) is 5.05. The van der Waals surface area contributed by atoms with Crippen molar-refractivity contribution in [2.45, 2.75) is 64.0 Å². The van der Waals surface area contributed by atoms with E-state index in [0.717, 1.165) is 32.0 Å². The van der Waals surface area contributed by atoms with Crippen LogP contribution >= 0.6 is 0 Å². The largest absolute Gasteiger partial charge is 0.368 e. The fraction of sp³-hybridized carbons (Fsp3) is 0.933. The maximum absolute atomic E-state index is 11.8. The molecule has 0 bridgehead atoms. The average Bonchev–Trinajstić information content (AvgIpc) is 2.80. The number of primary amides is 1. The van der Waals surface area contributed by atoms with Crippen molar-refractivity contribution in [3.8, 4) is 0 Å². The Morgan fingerprint density at radius 3 is 2.79 bits per heavy atom. The first-order valence-electron chi connectivity index (χ1n) is 7.86. The molecular weight excluding hydrogens is 238 g/mol. The minimum absolute atomic E-state index is 0.222.